The molecule has 1 N–H and O–H groups in total. The number of nitrogens with one attached hydrogen (secondary N) is 1. The molecular formula is C22H23N5O2S. The molecule has 1 amide bonds. The van der Waals surface area contributed by atoms with Gasteiger partial charge in [-0.05, 0) is 56.4 Å². The summed E-state index contributed by atoms with van der Waals surface area (Å²) < 4.78 is 7.73. The molecule has 3 aromatic rings. The largest absolute Gasteiger partial charge is 0.490 e. The summed E-state index contributed by atoms with van der Waals surface area (Å²) in [5.74, 6) is 2.30. The predicted molar refractivity (Wildman–Crippen MR) is 116 cm³/mol. The molecule has 0 unspecified atom stereocenters. The Labute approximate surface area is 179 Å². The number of hydrogen-bond acceptors (Lipinski definition) is 6. The number of amides is 1. The molecule has 154 valence electrons. The highest BCUT2D eigenvalue weighted by Crippen LogP contribution is 2.44. The highest BCUT2D eigenvalue weighted by molar-refractivity contribution is 8.00. The van der Waals surface area contributed by atoms with Crippen LogP contribution in [0.4, 0.5) is 5.82 Å². The second-order valence-corrected chi connectivity index (χ2v) is 8.73. The third-order valence-corrected chi connectivity index (χ3v) is 6.81. The van der Waals surface area contributed by atoms with Gasteiger partial charge < -0.3 is 10.1 Å². The number of hydrogen-bond donors (Lipinski definition) is 1. The lowest BCUT2D eigenvalue weighted by molar-refractivity contribution is -0.113. The van der Waals surface area contributed by atoms with Crippen LogP contribution in [0.1, 0.15) is 47.8 Å². The molecule has 0 radical (unpaired) electrons. The van der Waals surface area contributed by atoms with Gasteiger partial charge in [0.15, 0.2) is 0 Å². The number of ether oxygens (including phenoxy) is 1. The SMILES string of the molecule is Cc1nn(-c2ncccn2)c2c1[C@H](c1ccc(OC3CCCC3)cc1)SCC(=O)N2. The average molecular weight is 422 g/mol. The number of carbonyl (C=O) groups excluding carboxylic acids is 1. The first-order chi connectivity index (χ1) is 14.7. The normalized spacial score (nSPS) is 19.2. The van der Waals surface area contributed by atoms with E-state index in [0.717, 1.165) is 35.4 Å². The van der Waals surface area contributed by atoms with E-state index in [2.05, 4.69) is 32.5 Å². The van der Waals surface area contributed by atoms with Gasteiger partial charge in [-0.3, -0.25) is 4.79 Å². The van der Waals surface area contributed by atoms with Crippen molar-refractivity contribution in [2.45, 2.75) is 44.0 Å². The summed E-state index contributed by atoms with van der Waals surface area (Å²) in [7, 11) is 0. The van der Waals surface area contributed by atoms with Crippen LogP contribution >= 0.6 is 11.8 Å². The molecular weight excluding hydrogens is 398 g/mol. The zero-order valence-corrected chi connectivity index (χ0v) is 17.6. The van der Waals surface area contributed by atoms with Crippen LogP contribution in [0.3, 0.4) is 0 Å². The van der Waals surface area contributed by atoms with Crippen molar-refractivity contribution in [1.82, 2.24) is 19.7 Å². The maximum Gasteiger partial charge on any atom is 0.252 e. The van der Waals surface area contributed by atoms with Crippen LogP contribution < -0.4 is 10.1 Å². The van der Waals surface area contributed by atoms with Gasteiger partial charge in [0.1, 0.15) is 11.6 Å². The molecule has 1 aliphatic heterocycles. The smallest absolute Gasteiger partial charge is 0.252 e. The number of benzene rings is 1. The molecule has 1 saturated carbocycles. The fraction of sp³-hybridized carbons (Fsp3) is 0.364. The molecule has 2 aliphatic rings. The van der Waals surface area contributed by atoms with Crippen molar-refractivity contribution in [2.75, 3.05) is 11.1 Å². The number of aryl methyl sites for hydroxylation is 1. The molecule has 30 heavy (non-hydrogen) atoms. The summed E-state index contributed by atoms with van der Waals surface area (Å²) in [5.41, 5.74) is 2.96. The van der Waals surface area contributed by atoms with E-state index in [4.69, 9.17) is 4.74 Å². The van der Waals surface area contributed by atoms with E-state index in [9.17, 15) is 4.79 Å². The number of rotatable bonds is 4. The Morgan fingerprint density at radius 1 is 1.13 bits per heavy atom. The monoisotopic (exact) mass is 421 g/mol. The van der Waals surface area contributed by atoms with Crippen LogP contribution in [0.2, 0.25) is 0 Å². The first kappa shape index (κ1) is 19.1. The summed E-state index contributed by atoms with van der Waals surface area (Å²) in [4.78, 5) is 21.0. The number of thioether (sulfide) groups is 1. The molecule has 0 bridgehead atoms. The van der Waals surface area contributed by atoms with Gasteiger partial charge in [-0.15, -0.1) is 11.8 Å². The van der Waals surface area contributed by atoms with Crippen LogP contribution in [0.15, 0.2) is 42.7 Å². The fourth-order valence-electron chi connectivity index (χ4n) is 4.11. The van der Waals surface area contributed by atoms with E-state index in [-0.39, 0.29) is 11.2 Å². The third kappa shape index (κ3) is 3.67. The highest BCUT2D eigenvalue weighted by atomic mass is 32.2. The first-order valence-electron chi connectivity index (χ1n) is 10.2. The maximum absolute atomic E-state index is 12.4. The topological polar surface area (TPSA) is 81.9 Å². The van der Waals surface area contributed by atoms with Gasteiger partial charge in [-0.25, -0.2) is 9.97 Å². The van der Waals surface area contributed by atoms with Crippen molar-refractivity contribution in [3.63, 3.8) is 0 Å². The summed E-state index contributed by atoms with van der Waals surface area (Å²) in [6.45, 7) is 1.96. The zero-order chi connectivity index (χ0) is 20.5. The second-order valence-electron chi connectivity index (χ2n) is 7.64. The fourth-order valence-corrected chi connectivity index (χ4v) is 5.30. The van der Waals surface area contributed by atoms with Crippen molar-refractivity contribution in [3.05, 3.63) is 59.5 Å². The van der Waals surface area contributed by atoms with Crippen LogP contribution in [0, 0.1) is 6.92 Å². The number of anilines is 1. The minimum absolute atomic E-state index is 0.0167. The Kier molecular flexibility index (Phi) is 5.16. The maximum atomic E-state index is 12.4. The molecule has 7 nitrogen and oxygen atoms in total. The van der Waals surface area contributed by atoms with Crippen LogP contribution in [0.5, 0.6) is 5.75 Å². The van der Waals surface area contributed by atoms with Gasteiger partial charge >= 0.3 is 0 Å². The molecule has 1 aliphatic carbocycles. The molecule has 5 rings (SSSR count). The average Bonchev–Trinajstić information content (AvgIpc) is 3.34. The summed E-state index contributed by atoms with van der Waals surface area (Å²) in [6.07, 6.45) is 8.44. The van der Waals surface area contributed by atoms with Gasteiger partial charge in [0, 0.05) is 18.0 Å². The third-order valence-electron chi connectivity index (χ3n) is 5.54. The Morgan fingerprint density at radius 3 is 2.60 bits per heavy atom. The lowest BCUT2D eigenvalue weighted by Gasteiger charge is -2.17. The minimum atomic E-state index is -0.0537. The van der Waals surface area contributed by atoms with Gasteiger partial charge in [0.05, 0.1) is 22.8 Å². The van der Waals surface area contributed by atoms with Crippen LogP contribution in [-0.2, 0) is 4.79 Å². The molecule has 2 aromatic heterocycles. The number of carbonyl (C=O) groups is 1. The van der Waals surface area contributed by atoms with Crippen molar-refractivity contribution in [2.24, 2.45) is 0 Å². The van der Waals surface area contributed by atoms with Crippen LogP contribution in [0.25, 0.3) is 5.95 Å². The van der Waals surface area contributed by atoms with E-state index >= 15 is 0 Å². The van der Waals surface area contributed by atoms with Crippen molar-refractivity contribution < 1.29 is 9.53 Å². The highest BCUT2D eigenvalue weighted by Gasteiger charge is 2.31. The van der Waals surface area contributed by atoms with Gasteiger partial charge in [-0.2, -0.15) is 9.78 Å². The molecule has 1 fully saturated rings. The molecule has 3 heterocycles. The Balaban J connectivity index is 1.49. The van der Waals surface area contributed by atoms with Crippen LogP contribution in [-0.4, -0.2) is 37.5 Å². The van der Waals surface area contributed by atoms with Gasteiger partial charge in [-0.1, -0.05) is 12.1 Å². The summed E-state index contributed by atoms with van der Waals surface area (Å²) >= 11 is 1.60. The molecule has 0 saturated heterocycles. The van der Waals surface area contributed by atoms with E-state index in [1.165, 1.54) is 12.8 Å². The second kappa shape index (κ2) is 8.10. The zero-order valence-electron chi connectivity index (χ0n) is 16.7. The van der Waals surface area contributed by atoms with Gasteiger partial charge in [0.2, 0.25) is 5.91 Å². The summed E-state index contributed by atoms with van der Waals surface area (Å²) in [6, 6.07) is 10.0. The molecule has 0 spiro atoms. The number of aromatic nitrogens is 4. The van der Waals surface area contributed by atoms with Crippen molar-refractivity contribution in [1.29, 1.82) is 0 Å². The summed E-state index contributed by atoms with van der Waals surface area (Å²) in [5, 5.41) is 7.63. The standard InChI is InChI=1S/C22H23N5O2S/c1-14-19-20(15-7-9-17(10-8-15)29-16-5-2-3-6-16)30-13-18(28)25-21(19)27(26-14)22-23-11-4-12-24-22/h4,7-12,16,20H,2-3,5-6,13H2,1H3,(H,25,28)/t20-/m0/s1. The molecule has 1 atom stereocenters. The van der Waals surface area contributed by atoms with E-state index in [1.54, 1.807) is 34.9 Å². The Hall–Kier alpha value is -2.87. The molecule has 1 aromatic carbocycles. The molecule has 8 heteroatoms. The quantitative estimate of drug-likeness (QED) is 0.684. The number of nitrogens with zero attached hydrogens (tertiary/aromatic N) is 4. The van der Waals surface area contributed by atoms with E-state index in [1.807, 2.05) is 19.1 Å². The Bertz CT molecular complexity index is 1050. The van der Waals surface area contributed by atoms with E-state index < -0.39 is 0 Å². The van der Waals surface area contributed by atoms with Gasteiger partial charge in [0.25, 0.3) is 5.95 Å². The van der Waals surface area contributed by atoms with Crippen molar-refractivity contribution in [3.8, 4) is 11.7 Å². The number of fused-ring (bicyclic) bond motifs is 1. The Morgan fingerprint density at radius 2 is 1.87 bits per heavy atom. The lowest BCUT2D eigenvalue weighted by atomic mass is 10.0. The minimum Gasteiger partial charge on any atom is -0.490 e. The van der Waals surface area contributed by atoms with Crippen molar-refractivity contribution >= 4 is 23.5 Å². The lowest BCUT2D eigenvalue weighted by Crippen LogP contribution is -2.16. The van der Waals surface area contributed by atoms with E-state index in [0.29, 0.717) is 23.6 Å². The first-order valence-corrected chi connectivity index (χ1v) is 11.3. The predicted octanol–water partition coefficient (Wildman–Crippen LogP) is 4.07.